The van der Waals surface area contributed by atoms with Gasteiger partial charge in [-0.3, -0.25) is 0 Å². The lowest BCUT2D eigenvalue weighted by Crippen LogP contribution is -2.22. The van der Waals surface area contributed by atoms with Crippen molar-refractivity contribution in [1.29, 1.82) is 0 Å². The minimum Gasteiger partial charge on any atom is -0.378 e. The second-order valence-electron chi connectivity index (χ2n) is 3.75. The minimum atomic E-state index is 0.386. The molecule has 0 aromatic heterocycles. The molecule has 1 aliphatic rings. The molecule has 1 heterocycles. The number of rotatable bonds is 6. The molecule has 0 aromatic carbocycles. The summed E-state index contributed by atoms with van der Waals surface area (Å²) in [5.74, 6) is 1.19. The van der Waals surface area contributed by atoms with Gasteiger partial charge < -0.3 is 10.5 Å². The average Bonchev–Trinajstić information content (AvgIpc) is 2.64. The second kappa shape index (κ2) is 6.68. The van der Waals surface area contributed by atoms with Crippen LogP contribution in [0.3, 0.4) is 0 Å². The highest BCUT2D eigenvalue weighted by atomic mass is 32.2. The number of thioether (sulfide) groups is 1. The number of nitrogens with two attached hydrogens (primary N) is 1. The van der Waals surface area contributed by atoms with E-state index in [1.54, 1.807) is 0 Å². The third kappa shape index (κ3) is 4.89. The summed E-state index contributed by atoms with van der Waals surface area (Å²) in [5.41, 5.74) is 5.97. The van der Waals surface area contributed by atoms with Crippen LogP contribution in [0.2, 0.25) is 0 Å². The third-order valence-corrected chi connectivity index (χ3v) is 3.22. The van der Waals surface area contributed by atoms with Gasteiger partial charge in [0.25, 0.3) is 0 Å². The minimum absolute atomic E-state index is 0.386. The summed E-state index contributed by atoms with van der Waals surface area (Å²) in [4.78, 5) is 0. The molecule has 1 saturated heterocycles. The molecule has 0 aliphatic carbocycles. The van der Waals surface area contributed by atoms with E-state index < -0.39 is 0 Å². The van der Waals surface area contributed by atoms with E-state index in [0.29, 0.717) is 12.1 Å². The highest BCUT2D eigenvalue weighted by molar-refractivity contribution is 7.98. The second-order valence-corrected chi connectivity index (χ2v) is 4.74. The molecule has 0 spiro atoms. The van der Waals surface area contributed by atoms with E-state index in [1.807, 2.05) is 11.8 Å². The standard InChI is InChI=1S/C10H21NOS/c1-13-8-6-9(11)4-5-10-3-2-7-12-10/h9-10H,2-8,11H2,1H3. The molecule has 1 aliphatic heterocycles. The highest BCUT2D eigenvalue weighted by Crippen LogP contribution is 2.18. The molecular weight excluding hydrogens is 182 g/mol. The molecule has 13 heavy (non-hydrogen) atoms. The summed E-state index contributed by atoms with van der Waals surface area (Å²) < 4.78 is 5.55. The maximum Gasteiger partial charge on any atom is 0.0576 e. The first kappa shape index (κ1) is 11.3. The largest absolute Gasteiger partial charge is 0.378 e. The molecule has 2 N–H and O–H groups in total. The predicted octanol–water partition coefficient (Wildman–Crippen LogP) is 2.03. The average molecular weight is 203 g/mol. The van der Waals surface area contributed by atoms with Crippen LogP contribution in [0.1, 0.15) is 32.1 Å². The first-order chi connectivity index (χ1) is 6.33. The summed E-state index contributed by atoms with van der Waals surface area (Å²) in [6, 6.07) is 0.386. The molecule has 0 aromatic rings. The maximum absolute atomic E-state index is 5.97. The van der Waals surface area contributed by atoms with Crippen molar-refractivity contribution in [1.82, 2.24) is 0 Å². The van der Waals surface area contributed by atoms with E-state index in [0.717, 1.165) is 25.9 Å². The zero-order valence-electron chi connectivity index (χ0n) is 8.50. The van der Waals surface area contributed by atoms with Crippen LogP contribution in [0, 0.1) is 0 Å². The fourth-order valence-electron chi connectivity index (χ4n) is 1.69. The van der Waals surface area contributed by atoms with E-state index in [4.69, 9.17) is 10.5 Å². The lowest BCUT2D eigenvalue weighted by atomic mass is 10.1. The maximum atomic E-state index is 5.97. The van der Waals surface area contributed by atoms with Crippen LogP contribution in [0.5, 0.6) is 0 Å². The van der Waals surface area contributed by atoms with Gasteiger partial charge in [0.2, 0.25) is 0 Å². The van der Waals surface area contributed by atoms with Gasteiger partial charge >= 0.3 is 0 Å². The molecule has 2 nitrogen and oxygen atoms in total. The van der Waals surface area contributed by atoms with Crippen LogP contribution in [0.25, 0.3) is 0 Å². The van der Waals surface area contributed by atoms with Gasteiger partial charge in [0.1, 0.15) is 0 Å². The molecule has 2 atom stereocenters. The van der Waals surface area contributed by atoms with E-state index in [-0.39, 0.29) is 0 Å². The molecule has 0 bridgehead atoms. The van der Waals surface area contributed by atoms with Crippen LogP contribution < -0.4 is 5.73 Å². The fraction of sp³-hybridized carbons (Fsp3) is 1.00. The molecule has 0 saturated carbocycles. The highest BCUT2D eigenvalue weighted by Gasteiger charge is 2.16. The van der Waals surface area contributed by atoms with Gasteiger partial charge in [-0.2, -0.15) is 11.8 Å². The first-order valence-electron chi connectivity index (χ1n) is 5.19. The van der Waals surface area contributed by atoms with E-state index >= 15 is 0 Å². The van der Waals surface area contributed by atoms with E-state index in [9.17, 15) is 0 Å². The van der Waals surface area contributed by atoms with Crippen molar-refractivity contribution in [3.8, 4) is 0 Å². The molecule has 2 unspecified atom stereocenters. The van der Waals surface area contributed by atoms with Crippen molar-refractivity contribution in [3.63, 3.8) is 0 Å². The van der Waals surface area contributed by atoms with Gasteiger partial charge in [0.15, 0.2) is 0 Å². The van der Waals surface area contributed by atoms with Crippen LogP contribution in [-0.4, -0.2) is 30.8 Å². The summed E-state index contributed by atoms with van der Waals surface area (Å²) in [7, 11) is 0. The lowest BCUT2D eigenvalue weighted by Gasteiger charge is -2.13. The molecule has 0 radical (unpaired) electrons. The Bertz CT molecular complexity index is 126. The van der Waals surface area contributed by atoms with E-state index in [1.165, 1.54) is 18.6 Å². The lowest BCUT2D eigenvalue weighted by molar-refractivity contribution is 0.101. The Labute approximate surface area is 85.6 Å². The molecule has 78 valence electrons. The topological polar surface area (TPSA) is 35.2 Å². The van der Waals surface area contributed by atoms with Crippen LogP contribution in [0.4, 0.5) is 0 Å². The van der Waals surface area contributed by atoms with Crippen molar-refractivity contribution in [2.24, 2.45) is 5.73 Å². The van der Waals surface area contributed by atoms with Crippen molar-refractivity contribution in [3.05, 3.63) is 0 Å². The quantitative estimate of drug-likeness (QED) is 0.717. The summed E-state index contributed by atoms with van der Waals surface area (Å²) in [6.07, 6.45) is 8.57. The Morgan fingerprint density at radius 2 is 2.38 bits per heavy atom. The predicted molar refractivity (Wildman–Crippen MR) is 59.2 cm³/mol. The molecule has 3 heteroatoms. The number of hydrogen-bond donors (Lipinski definition) is 1. The number of ether oxygens (including phenoxy) is 1. The van der Waals surface area contributed by atoms with Gasteiger partial charge in [-0.25, -0.2) is 0 Å². The molecular formula is C10H21NOS. The van der Waals surface area contributed by atoms with Gasteiger partial charge in [-0.1, -0.05) is 0 Å². The van der Waals surface area contributed by atoms with Gasteiger partial charge in [-0.15, -0.1) is 0 Å². The van der Waals surface area contributed by atoms with Gasteiger partial charge in [0.05, 0.1) is 6.10 Å². The fourth-order valence-corrected chi connectivity index (χ4v) is 2.22. The third-order valence-electron chi connectivity index (χ3n) is 2.58. The molecule has 0 amide bonds. The summed E-state index contributed by atoms with van der Waals surface area (Å²) >= 11 is 1.88. The van der Waals surface area contributed by atoms with Crippen LogP contribution in [-0.2, 0) is 4.74 Å². The zero-order chi connectivity index (χ0) is 9.52. The monoisotopic (exact) mass is 203 g/mol. The van der Waals surface area contributed by atoms with Crippen molar-refractivity contribution in [2.75, 3.05) is 18.6 Å². The molecule has 1 rings (SSSR count). The van der Waals surface area contributed by atoms with Crippen molar-refractivity contribution in [2.45, 2.75) is 44.2 Å². The van der Waals surface area contributed by atoms with E-state index in [2.05, 4.69) is 6.26 Å². The Hall–Kier alpha value is 0.270. The van der Waals surface area contributed by atoms with Crippen LogP contribution in [0.15, 0.2) is 0 Å². The summed E-state index contributed by atoms with van der Waals surface area (Å²) in [5, 5.41) is 0. The van der Waals surface area contributed by atoms with Crippen molar-refractivity contribution < 1.29 is 4.74 Å². The smallest absolute Gasteiger partial charge is 0.0576 e. The number of hydrogen-bond acceptors (Lipinski definition) is 3. The van der Waals surface area contributed by atoms with Crippen LogP contribution >= 0.6 is 11.8 Å². The Morgan fingerprint density at radius 3 is 3.00 bits per heavy atom. The van der Waals surface area contributed by atoms with Gasteiger partial charge in [0, 0.05) is 12.6 Å². The summed E-state index contributed by atoms with van der Waals surface area (Å²) in [6.45, 7) is 0.963. The van der Waals surface area contributed by atoms with Crippen molar-refractivity contribution >= 4 is 11.8 Å². The molecule has 1 fully saturated rings. The van der Waals surface area contributed by atoms with Gasteiger partial charge in [-0.05, 0) is 44.1 Å². The Kier molecular flexibility index (Phi) is 5.83. The normalized spacial score (nSPS) is 24.9. The SMILES string of the molecule is CSCCC(N)CCC1CCCO1. The Balaban J connectivity index is 1.97. The first-order valence-corrected chi connectivity index (χ1v) is 6.58. The Morgan fingerprint density at radius 1 is 1.54 bits per heavy atom. The zero-order valence-corrected chi connectivity index (χ0v) is 9.31.